The molecule has 0 radical (unpaired) electrons. The molecular formula is C12H6Cl2F6N2O2. The van der Waals surface area contributed by atoms with E-state index in [1.54, 1.807) is 5.32 Å². The topological polar surface area (TPSA) is 52.6 Å². The molecule has 4 nitrogen and oxygen atoms in total. The molecule has 0 aromatic heterocycles. The first-order chi connectivity index (χ1) is 10.8. The van der Waals surface area contributed by atoms with E-state index in [1.165, 1.54) is 0 Å². The number of aliphatic hydroxyl groups is 1. The third-order valence-corrected chi connectivity index (χ3v) is 3.50. The molecule has 1 unspecified atom stereocenters. The highest BCUT2D eigenvalue weighted by atomic mass is 35.5. The molecule has 0 bridgehead atoms. The van der Waals surface area contributed by atoms with Gasteiger partial charge in [-0.05, 0) is 12.1 Å². The SMILES string of the molecule is O=C1C=C(C(F)(F)F)NC(O)N1c1c(Cl)cc(C(F)(F)F)cc1Cl. The molecule has 2 N–H and O–H groups in total. The van der Waals surface area contributed by atoms with Crippen LogP contribution in [-0.4, -0.2) is 23.5 Å². The lowest BCUT2D eigenvalue weighted by Crippen LogP contribution is -2.54. The lowest BCUT2D eigenvalue weighted by Gasteiger charge is -2.34. The zero-order valence-electron chi connectivity index (χ0n) is 11.1. The van der Waals surface area contributed by atoms with E-state index < -0.39 is 51.6 Å². The van der Waals surface area contributed by atoms with Crippen molar-refractivity contribution in [3.63, 3.8) is 0 Å². The molecule has 0 aliphatic carbocycles. The van der Waals surface area contributed by atoms with Gasteiger partial charge >= 0.3 is 12.4 Å². The molecular weight excluding hydrogens is 389 g/mol. The fraction of sp³-hybridized carbons (Fsp3) is 0.250. The highest BCUT2D eigenvalue weighted by Gasteiger charge is 2.42. The second-order valence-corrected chi connectivity index (χ2v) is 5.38. The Morgan fingerprint density at radius 1 is 1.04 bits per heavy atom. The Hall–Kier alpha value is -1.65. The maximum atomic E-state index is 12.7. The quantitative estimate of drug-likeness (QED) is 0.714. The van der Waals surface area contributed by atoms with Gasteiger partial charge in [-0.25, -0.2) is 0 Å². The van der Waals surface area contributed by atoms with Gasteiger partial charge < -0.3 is 10.4 Å². The summed E-state index contributed by atoms with van der Waals surface area (Å²) in [6, 6.07) is 0.873. The Bertz CT molecular complexity index is 693. The van der Waals surface area contributed by atoms with E-state index in [-0.39, 0.29) is 6.08 Å². The first-order valence-corrected chi connectivity index (χ1v) is 6.71. The standard InChI is InChI=1S/C12H6Cl2F6N2O2/c13-5-1-4(11(15,16)17)2-6(14)9(5)22-8(23)3-7(12(18,19)20)21-10(22)24/h1-3,10,21,24H. The summed E-state index contributed by atoms with van der Waals surface area (Å²) >= 11 is 11.3. The van der Waals surface area contributed by atoms with Crippen LogP contribution in [0, 0.1) is 0 Å². The van der Waals surface area contributed by atoms with Crippen LogP contribution in [0.1, 0.15) is 5.56 Å². The van der Waals surface area contributed by atoms with Crippen LogP contribution in [-0.2, 0) is 11.0 Å². The van der Waals surface area contributed by atoms with Crippen LogP contribution >= 0.6 is 23.2 Å². The van der Waals surface area contributed by atoms with Crippen LogP contribution < -0.4 is 10.2 Å². The lowest BCUT2D eigenvalue weighted by atomic mass is 10.1. The predicted octanol–water partition coefficient (Wildman–Crippen LogP) is 3.67. The number of allylic oxidation sites excluding steroid dienone is 1. The molecule has 24 heavy (non-hydrogen) atoms. The van der Waals surface area contributed by atoms with Crippen molar-refractivity contribution < 1.29 is 36.2 Å². The summed E-state index contributed by atoms with van der Waals surface area (Å²) in [7, 11) is 0. The van der Waals surface area contributed by atoms with Gasteiger partial charge in [-0.15, -0.1) is 0 Å². The van der Waals surface area contributed by atoms with Crippen LogP contribution in [0.4, 0.5) is 32.0 Å². The molecule has 1 aromatic carbocycles. The van der Waals surface area contributed by atoms with Gasteiger partial charge in [0.1, 0.15) is 5.70 Å². The monoisotopic (exact) mass is 394 g/mol. The molecule has 0 spiro atoms. The van der Waals surface area contributed by atoms with Crippen molar-refractivity contribution >= 4 is 34.8 Å². The molecule has 1 aliphatic rings. The number of anilines is 1. The Labute approximate surface area is 140 Å². The first kappa shape index (κ1) is 18.7. The number of hydrogen-bond acceptors (Lipinski definition) is 3. The highest BCUT2D eigenvalue weighted by molar-refractivity contribution is 6.40. The number of amides is 1. The Morgan fingerprint density at radius 2 is 1.54 bits per heavy atom. The second kappa shape index (κ2) is 6.01. The molecule has 1 aromatic rings. The van der Waals surface area contributed by atoms with Gasteiger partial charge in [0.15, 0.2) is 0 Å². The summed E-state index contributed by atoms with van der Waals surface area (Å²) in [5.41, 5.74) is -3.30. The number of aliphatic hydroxyl groups excluding tert-OH is 1. The van der Waals surface area contributed by atoms with Gasteiger partial charge in [-0.1, -0.05) is 23.2 Å². The van der Waals surface area contributed by atoms with Crippen molar-refractivity contribution in [3.05, 3.63) is 39.5 Å². The lowest BCUT2D eigenvalue weighted by molar-refractivity contribution is -0.137. The molecule has 12 heteroatoms. The molecule has 132 valence electrons. The molecule has 1 atom stereocenters. The van der Waals surface area contributed by atoms with E-state index in [9.17, 15) is 36.2 Å². The number of hydrogen-bond donors (Lipinski definition) is 2. The predicted molar refractivity (Wildman–Crippen MR) is 72.2 cm³/mol. The van der Waals surface area contributed by atoms with Crippen LogP contribution in [0.15, 0.2) is 23.9 Å². The number of carbonyl (C=O) groups is 1. The number of rotatable bonds is 1. The summed E-state index contributed by atoms with van der Waals surface area (Å²) in [5.74, 6) is -1.36. The number of carbonyl (C=O) groups excluding carboxylic acids is 1. The fourth-order valence-electron chi connectivity index (χ4n) is 1.91. The van der Waals surface area contributed by atoms with Gasteiger partial charge in [0.25, 0.3) is 5.91 Å². The Morgan fingerprint density at radius 3 is 1.92 bits per heavy atom. The summed E-state index contributed by atoms with van der Waals surface area (Å²) in [6.07, 6.45) is -11.8. The number of nitrogens with one attached hydrogen (secondary N) is 1. The summed E-state index contributed by atoms with van der Waals surface area (Å²) in [4.78, 5) is 12.2. The van der Waals surface area contributed by atoms with Gasteiger partial charge in [-0.2, -0.15) is 26.3 Å². The van der Waals surface area contributed by atoms with E-state index >= 15 is 0 Å². The first-order valence-electron chi connectivity index (χ1n) is 5.95. The molecule has 0 saturated heterocycles. The largest absolute Gasteiger partial charge is 0.431 e. The minimum atomic E-state index is -4.93. The second-order valence-electron chi connectivity index (χ2n) is 4.57. The smallest absolute Gasteiger partial charge is 0.356 e. The average Bonchev–Trinajstić information content (AvgIpc) is 2.38. The van der Waals surface area contributed by atoms with Crippen LogP contribution in [0.25, 0.3) is 0 Å². The van der Waals surface area contributed by atoms with E-state index in [0.717, 1.165) is 0 Å². The maximum Gasteiger partial charge on any atom is 0.431 e. The summed E-state index contributed by atoms with van der Waals surface area (Å²) in [5, 5.41) is 9.96. The number of halogens is 8. The van der Waals surface area contributed by atoms with Crippen LogP contribution in [0.2, 0.25) is 10.0 Å². The molecule has 1 amide bonds. The van der Waals surface area contributed by atoms with E-state index in [0.29, 0.717) is 17.0 Å². The van der Waals surface area contributed by atoms with Gasteiger partial charge in [0, 0.05) is 6.08 Å². The molecule has 2 rings (SSSR count). The molecule has 0 saturated carbocycles. The van der Waals surface area contributed by atoms with E-state index in [2.05, 4.69) is 0 Å². The molecule has 0 fully saturated rings. The van der Waals surface area contributed by atoms with Crippen molar-refractivity contribution in [2.45, 2.75) is 18.7 Å². The van der Waals surface area contributed by atoms with Crippen molar-refractivity contribution in [2.75, 3.05) is 4.90 Å². The van der Waals surface area contributed by atoms with Crippen molar-refractivity contribution in [2.24, 2.45) is 0 Å². The minimum absolute atomic E-state index is 0.122. The van der Waals surface area contributed by atoms with Crippen molar-refractivity contribution in [1.29, 1.82) is 0 Å². The van der Waals surface area contributed by atoms with Crippen molar-refractivity contribution in [3.8, 4) is 0 Å². The average molecular weight is 395 g/mol. The van der Waals surface area contributed by atoms with Crippen LogP contribution in [0.3, 0.4) is 0 Å². The normalized spacial score (nSPS) is 19.2. The zero-order chi connectivity index (χ0) is 18.4. The molecule has 1 aliphatic heterocycles. The third kappa shape index (κ3) is 3.55. The molecule has 1 heterocycles. The third-order valence-electron chi connectivity index (χ3n) is 2.92. The number of nitrogens with zero attached hydrogens (tertiary/aromatic N) is 1. The van der Waals surface area contributed by atoms with Gasteiger partial charge in [-0.3, -0.25) is 9.69 Å². The summed E-state index contributed by atoms with van der Waals surface area (Å²) < 4.78 is 75.7. The minimum Gasteiger partial charge on any atom is -0.356 e. The highest BCUT2D eigenvalue weighted by Crippen LogP contribution is 2.41. The van der Waals surface area contributed by atoms with Gasteiger partial charge in [0.05, 0.1) is 21.3 Å². The maximum absolute atomic E-state index is 12.7. The van der Waals surface area contributed by atoms with Crippen molar-refractivity contribution in [1.82, 2.24) is 5.32 Å². The van der Waals surface area contributed by atoms with E-state index in [4.69, 9.17) is 23.2 Å². The Balaban J connectivity index is 2.50. The summed E-state index contributed by atoms with van der Waals surface area (Å²) in [6.45, 7) is 0. The fourth-order valence-corrected chi connectivity index (χ4v) is 2.58. The zero-order valence-corrected chi connectivity index (χ0v) is 12.6. The van der Waals surface area contributed by atoms with Gasteiger partial charge in [0.2, 0.25) is 6.35 Å². The van der Waals surface area contributed by atoms with Crippen LogP contribution in [0.5, 0.6) is 0 Å². The van der Waals surface area contributed by atoms with E-state index in [1.807, 2.05) is 0 Å². The number of alkyl halides is 6. The Kier molecular flexibility index (Phi) is 4.68. The number of benzene rings is 1.